The molecule has 1 aromatic carbocycles. The minimum atomic E-state index is -0.325. The van der Waals surface area contributed by atoms with Crippen LogP contribution in [-0.4, -0.2) is 5.11 Å². The zero-order chi connectivity index (χ0) is 11.1. The van der Waals surface area contributed by atoms with E-state index in [0.717, 1.165) is 11.3 Å². The van der Waals surface area contributed by atoms with Crippen LogP contribution in [0.2, 0.25) is 0 Å². The van der Waals surface area contributed by atoms with Crippen molar-refractivity contribution in [3.05, 3.63) is 57.3 Å². The second-order valence-electron chi connectivity index (χ2n) is 4.40. The van der Waals surface area contributed by atoms with Gasteiger partial charge < -0.3 is 5.11 Å². The molecule has 0 spiro atoms. The molecular weight excluding hydrogens is 216 g/mol. The number of hydrogen-bond acceptors (Lipinski definition) is 2. The van der Waals surface area contributed by atoms with Crippen molar-refractivity contribution >= 4 is 11.3 Å². The van der Waals surface area contributed by atoms with E-state index >= 15 is 0 Å². The Morgan fingerprint density at radius 3 is 2.75 bits per heavy atom. The van der Waals surface area contributed by atoms with Crippen LogP contribution in [0.15, 0.2) is 36.4 Å². The molecule has 0 fully saturated rings. The van der Waals surface area contributed by atoms with Crippen LogP contribution in [0.5, 0.6) is 0 Å². The summed E-state index contributed by atoms with van der Waals surface area (Å²) in [6.07, 6.45) is 0.683. The molecule has 2 aromatic rings. The standard InChI is InChI=1S/C14H14OS/c1-9-6-7-13(16-9)14(15)12-8-10-4-2-3-5-11(10)12/h2-7,12,14-15H,8H2,1H3. The van der Waals surface area contributed by atoms with E-state index in [9.17, 15) is 5.11 Å². The van der Waals surface area contributed by atoms with Crippen molar-refractivity contribution in [3.63, 3.8) is 0 Å². The van der Waals surface area contributed by atoms with Crippen LogP contribution < -0.4 is 0 Å². The quantitative estimate of drug-likeness (QED) is 0.838. The Labute approximate surface area is 99.4 Å². The fraction of sp³-hybridized carbons (Fsp3) is 0.286. The van der Waals surface area contributed by atoms with Crippen LogP contribution in [0.3, 0.4) is 0 Å². The molecule has 2 atom stereocenters. The lowest BCUT2D eigenvalue weighted by Gasteiger charge is -2.33. The van der Waals surface area contributed by atoms with E-state index in [0.29, 0.717) is 5.92 Å². The van der Waals surface area contributed by atoms with Crippen molar-refractivity contribution in [2.45, 2.75) is 25.4 Å². The lowest BCUT2D eigenvalue weighted by Crippen LogP contribution is -2.22. The predicted molar refractivity (Wildman–Crippen MR) is 66.9 cm³/mol. The van der Waals surface area contributed by atoms with Crippen LogP contribution in [-0.2, 0) is 6.42 Å². The molecule has 1 nitrogen and oxygen atoms in total. The van der Waals surface area contributed by atoms with Gasteiger partial charge in [-0.15, -0.1) is 11.3 Å². The Morgan fingerprint density at radius 1 is 1.25 bits per heavy atom. The molecule has 0 saturated carbocycles. The Bertz CT molecular complexity index is 515. The van der Waals surface area contributed by atoms with Gasteiger partial charge in [0.05, 0.1) is 6.10 Å². The predicted octanol–water partition coefficient (Wildman–Crippen LogP) is 3.43. The van der Waals surface area contributed by atoms with Crippen LogP contribution in [0.1, 0.15) is 32.9 Å². The van der Waals surface area contributed by atoms with Gasteiger partial charge in [0.1, 0.15) is 0 Å². The smallest absolute Gasteiger partial charge is 0.0953 e. The molecule has 3 rings (SSSR count). The average molecular weight is 230 g/mol. The number of aliphatic hydroxyl groups excluding tert-OH is 1. The summed E-state index contributed by atoms with van der Waals surface area (Å²) < 4.78 is 0. The summed E-state index contributed by atoms with van der Waals surface area (Å²) in [5.74, 6) is 0.300. The number of fused-ring (bicyclic) bond motifs is 1. The van der Waals surface area contributed by atoms with Gasteiger partial charge in [-0.2, -0.15) is 0 Å². The van der Waals surface area contributed by atoms with E-state index in [-0.39, 0.29) is 6.10 Å². The van der Waals surface area contributed by atoms with Gasteiger partial charge in [0.25, 0.3) is 0 Å². The van der Waals surface area contributed by atoms with Gasteiger partial charge in [-0.1, -0.05) is 24.3 Å². The van der Waals surface area contributed by atoms with E-state index in [4.69, 9.17) is 0 Å². The van der Waals surface area contributed by atoms with Crippen molar-refractivity contribution in [1.82, 2.24) is 0 Å². The fourth-order valence-corrected chi connectivity index (χ4v) is 3.32. The summed E-state index contributed by atoms with van der Waals surface area (Å²) in [7, 11) is 0. The molecule has 1 aliphatic rings. The highest BCUT2D eigenvalue weighted by Crippen LogP contribution is 2.44. The van der Waals surface area contributed by atoms with Gasteiger partial charge in [0, 0.05) is 15.7 Å². The number of thiophene rings is 1. The first kappa shape index (κ1) is 10.1. The largest absolute Gasteiger partial charge is 0.387 e. The van der Waals surface area contributed by atoms with Crippen molar-refractivity contribution in [2.75, 3.05) is 0 Å². The summed E-state index contributed by atoms with van der Waals surface area (Å²) in [5, 5.41) is 10.3. The van der Waals surface area contributed by atoms with Crippen LogP contribution >= 0.6 is 11.3 Å². The Morgan fingerprint density at radius 2 is 2.06 bits per heavy atom. The normalized spacial score (nSPS) is 20.0. The zero-order valence-electron chi connectivity index (χ0n) is 9.18. The number of aryl methyl sites for hydroxylation is 1. The van der Waals surface area contributed by atoms with Crippen molar-refractivity contribution in [2.24, 2.45) is 0 Å². The van der Waals surface area contributed by atoms with Crippen LogP contribution in [0.25, 0.3) is 0 Å². The Kier molecular flexibility index (Phi) is 2.34. The van der Waals surface area contributed by atoms with Crippen molar-refractivity contribution < 1.29 is 5.11 Å². The summed E-state index contributed by atoms with van der Waals surface area (Å²) in [4.78, 5) is 2.36. The van der Waals surface area contributed by atoms with E-state index in [2.05, 4.69) is 37.3 Å². The van der Waals surface area contributed by atoms with Crippen molar-refractivity contribution in [1.29, 1.82) is 0 Å². The SMILES string of the molecule is Cc1ccc(C(O)C2Cc3ccccc32)s1. The molecule has 0 saturated heterocycles. The molecule has 1 aromatic heterocycles. The topological polar surface area (TPSA) is 20.2 Å². The summed E-state index contributed by atoms with van der Waals surface area (Å²) in [6, 6.07) is 12.5. The van der Waals surface area contributed by atoms with E-state index in [1.54, 1.807) is 11.3 Å². The maximum atomic E-state index is 10.3. The first-order chi connectivity index (χ1) is 7.75. The highest BCUT2D eigenvalue weighted by molar-refractivity contribution is 7.12. The highest BCUT2D eigenvalue weighted by Gasteiger charge is 2.32. The molecule has 1 aliphatic carbocycles. The highest BCUT2D eigenvalue weighted by atomic mass is 32.1. The zero-order valence-corrected chi connectivity index (χ0v) is 10.00. The van der Waals surface area contributed by atoms with Gasteiger partial charge in [-0.25, -0.2) is 0 Å². The summed E-state index contributed by atoms with van der Waals surface area (Å²) >= 11 is 1.70. The summed E-state index contributed by atoms with van der Waals surface area (Å²) in [6.45, 7) is 2.08. The number of aliphatic hydroxyl groups is 1. The number of rotatable bonds is 2. The van der Waals surface area contributed by atoms with Gasteiger partial charge in [0.2, 0.25) is 0 Å². The maximum absolute atomic E-state index is 10.3. The third kappa shape index (κ3) is 1.49. The van der Waals surface area contributed by atoms with E-state index in [1.807, 2.05) is 6.07 Å². The Balaban J connectivity index is 1.87. The monoisotopic (exact) mass is 230 g/mol. The third-order valence-corrected chi connectivity index (χ3v) is 4.40. The Hall–Kier alpha value is -1.12. The molecule has 82 valence electrons. The van der Waals surface area contributed by atoms with E-state index < -0.39 is 0 Å². The molecular formula is C14H14OS. The first-order valence-corrected chi connectivity index (χ1v) is 6.39. The van der Waals surface area contributed by atoms with Gasteiger partial charge >= 0.3 is 0 Å². The minimum Gasteiger partial charge on any atom is -0.387 e. The van der Waals surface area contributed by atoms with Crippen LogP contribution in [0, 0.1) is 6.92 Å². The average Bonchev–Trinajstić information content (AvgIpc) is 2.67. The molecule has 0 amide bonds. The third-order valence-electron chi connectivity index (χ3n) is 3.33. The van der Waals surface area contributed by atoms with Gasteiger partial charge in [-0.3, -0.25) is 0 Å². The molecule has 0 aliphatic heterocycles. The van der Waals surface area contributed by atoms with Crippen molar-refractivity contribution in [3.8, 4) is 0 Å². The number of benzene rings is 1. The van der Waals surface area contributed by atoms with E-state index in [1.165, 1.54) is 16.0 Å². The summed E-state index contributed by atoms with van der Waals surface area (Å²) in [5.41, 5.74) is 2.71. The molecule has 0 radical (unpaired) electrons. The maximum Gasteiger partial charge on any atom is 0.0953 e. The second kappa shape index (κ2) is 3.72. The first-order valence-electron chi connectivity index (χ1n) is 5.58. The van der Waals surface area contributed by atoms with Crippen LogP contribution in [0.4, 0.5) is 0 Å². The molecule has 2 heteroatoms. The minimum absolute atomic E-state index is 0.300. The lowest BCUT2D eigenvalue weighted by atomic mass is 9.74. The molecule has 2 unspecified atom stereocenters. The van der Waals surface area contributed by atoms with Gasteiger partial charge in [0.15, 0.2) is 0 Å². The lowest BCUT2D eigenvalue weighted by molar-refractivity contribution is 0.138. The molecule has 16 heavy (non-hydrogen) atoms. The molecule has 0 bridgehead atoms. The fourth-order valence-electron chi connectivity index (χ4n) is 2.39. The van der Waals surface area contributed by atoms with Gasteiger partial charge in [-0.05, 0) is 36.6 Å². The number of hydrogen-bond donors (Lipinski definition) is 1. The second-order valence-corrected chi connectivity index (χ2v) is 5.72. The molecule has 1 N–H and O–H groups in total. The molecule has 1 heterocycles.